The molecule has 0 aliphatic carbocycles. The molecule has 514 valence electrons. The van der Waals surface area contributed by atoms with Gasteiger partial charge in [0.05, 0.1) is 77.4 Å². The minimum absolute atomic E-state index is 0.0534. The van der Waals surface area contributed by atoms with Gasteiger partial charge in [-0.15, -0.1) is 0 Å². The molecule has 0 saturated carbocycles. The Bertz CT molecular complexity index is 7600. The van der Waals surface area contributed by atoms with E-state index in [1.807, 2.05) is 48.5 Å². The van der Waals surface area contributed by atoms with Crippen LogP contribution in [0.3, 0.4) is 0 Å². The normalized spacial score (nSPS) is 16.3. The number of anilines is 3. The van der Waals surface area contributed by atoms with Gasteiger partial charge in [0.1, 0.15) is 11.5 Å². The fourth-order valence-electron chi connectivity index (χ4n) is 15.3. The Morgan fingerprint density at radius 1 is 0.311 bits per heavy atom. The highest BCUT2D eigenvalue weighted by atomic mass is 16.5. The number of rotatable bonds is 8. The van der Waals surface area contributed by atoms with Crippen LogP contribution in [0.15, 0.2) is 285 Å². The Morgan fingerprint density at radius 2 is 0.651 bits per heavy atom. The Labute approximate surface area is 654 Å². The predicted octanol–water partition coefficient (Wildman–Crippen LogP) is 24.0. The van der Waals surface area contributed by atoms with Gasteiger partial charge in [0.25, 0.3) is 6.71 Å². The molecule has 19 rings (SSSR count). The van der Waals surface area contributed by atoms with E-state index in [-0.39, 0.29) is 76.9 Å². The van der Waals surface area contributed by atoms with Crippen molar-refractivity contribution >= 4 is 106 Å². The summed E-state index contributed by atoms with van der Waals surface area (Å²) in [6.07, 6.45) is 0. The van der Waals surface area contributed by atoms with E-state index in [9.17, 15) is 16.4 Å². The zero-order valence-corrected chi connectivity index (χ0v) is 60.4. The molecular weight excluding hydrogens is 1290 g/mol. The molecular formula is C98H83BN6O. The lowest BCUT2D eigenvalue weighted by Gasteiger charge is -2.42. The molecule has 7 nitrogen and oxygen atoms in total. The number of hydrogen-bond donors (Lipinski definition) is 0. The molecule has 0 fully saturated rings. The van der Waals surface area contributed by atoms with Crippen molar-refractivity contribution in [1.82, 2.24) is 23.7 Å². The van der Waals surface area contributed by atoms with E-state index in [1.165, 1.54) is 13.7 Å². The second-order valence-electron chi connectivity index (χ2n) is 31.7. The third-order valence-electron chi connectivity index (χ3n) is 20.6. The molecule has 0 unspecified atom stereocenters. The summed E-state index contributed by atoms with van der Waals surface area (Å²) in [7, 11) is 0. The molecule has 106 heavy (non-hydrogen) atoms. The quantitative estimate of drug-likeness (QED) is 0.142. The molecule has 0 amide bonds. The van der Waals surface area contributed by atoms with Crippen LogP contribution in [0.2, 0.25) is 0 Å². The van der Waals surface area contributed by atoms with Gasteiger partial charge in [-0.3, -0.25) is 9.97 Å². The Balaban J connectivity index is 0.930. The molecule has 5 aromatic heterocycles. The lowest BCUT2D eigenvalue weighted by Crippen LogP contribution is -2.59. The molecule has 0 N–H and O–H groups in total. The molecule has 0 atom stereocenters. The third kappa shape index (κ3) is 10.5. The largest absolute Gasteiger partial charge is 0.458 e. The maximum atomic E-state index is 9.98. The zero-order chi connectivity index (χ0) is 93.3. The average Bonchev–Trinajstić information content (AvgIpc) is 1.61. The van der Waals surface area contributed by atoms with Gasteiger partial charge in [-0.05, 0) is 153 Å². The lowest BCUT2D eigenvalue weighted by atomic mass is 9.34. The van der Waals surface area contributed by atoms with Gasteiger partial charge in [-0.2, -0.15) is 0 Å². The molecule has 12 aromatic carbocycles. The first kappa shape index (κ1) is 44.0. The first-order chi connectivity index (χ1) is 61.0. The van der Waals surface area contributed by atoms with Gasteiger partial charge in [-0.25, -0.2) is 0 Å². The molecule has 8 heteroatoms. The van der Waals surface area contributed by atoms with E-state index in [0.717, 1.165) is 50.5 Å². The molecule has 0 radical (unpaired) electrons. The maximum Gasteiger partial charge on any atom is 0.256 e. The lowest BCUT2D eigenvalue weighted by molar-refractivity contribution is 0.487. The van der Waals surface area contributed by atoms with Gasteiger partial charge in [0.2, 0.25) is 0 Å². The van der Waals surface area contributed by atoms with Gasteiger partial charge in [0.15, 0.2) is 0 Å². The number of benzene rings is 12. The van der Waals surface area contributed by atoms with Crippen molar-refractivity contribution in [1.29, 1.82) is 0 Å². The first-order valence-electron chi connectivity index (χ1n) is 47.4. The number of hydrogen-bond acceptors (Lipinski definition) is 4. The number of para-hydroxylation sites is 7. The molecule has 0 spiro atoms. The molecule has 0 saturated heterocycles. The van der Waals surface area contributed by atoms with Crippen molar-refractivity contribution in [3.8, 4) is 73.1 Å². The van der Waals surface area contributed by atoms with Crippen molar-refractivity contribution in [2.24, 2.45) is 0 Å². The number of nitrogens with zero attached hydrogens (tertiary/aromatic N) is 6. The van der Waals surface area contributed by atoms with Crippen LogP contribution in [-0.4, -0.2) is 30.4 Å². The van der Waals surface area contributed by atoms with Crippen LogP contribution in [0, 0.1) is 0 Å². The van der Waals surface area contributed by atoms with Gasteiger partial charge < -0.3 is 23.3 Å². The smallest absolute Gasteiger partial charge is 0.256 e. The SMILES string of the molecule is [2H]c1c([2H])c([2H])c2c(c1[2H])c1c([2H])c([2H])c([2H])c([2H])c1n2-c1ccc(-c2ccc3c(c2)Oc2cc(-n4c5c([2H])c([2H])c([2H])c([2H])c5c5c([2H])c([2H])c([2H])c([2H])c54)cc4c2B3c2ccc(-c3ccc(-n5c6c([2H])c([2H])c([2H])c([2H])c6c6c([2H])c([2H])c([2H])c([2H])c65)cc3)cc2N4c2c(-c3cc(C(C)(C)C)nc(C(C)(C)C)c3)cccc2-c2cc(C(C)(C)C)nc(C(C)(C)C)c2)cc1. The molecule has 2 aliphatic rings. The van der Waals surface area contributed by atoms with Crippen molar-refractivity contribution in [2.45, 2.75) is 105 Å². The molecule has 0 bridgehead atoms. The summed E-state index contributed by atoms with van der Waals surface area (Å²) in [6, 6.07) is 31.3. The monoisotopic (exact) mass is 1390 g/mol. The summed E-state index contributed by atoms with van der Waals surface area (Å²) < 4.78 is 233. The first-order valence-corrected chi connectivity index (χ1v) is 35.4. The Kier molecular flexibility index (Phi) is 9.86. The highest BCUT2D eigenvalue weighted by Gasteiger charge is 2.44. The number of pyridine rings is 2. The molecule has 2 aliphatic heterocycles. The number of fused-ring (bicyclic) bond motifs is 13. The van der Waals surface area contributed by atoms with E-state index in [4.69, 9.17) is 31.2 Å². The second-order valence-corrected chi connectivity index (χ2v) is 31.7. The molecule has 7 heterocycles. The summed E-state index contributed by atoms with van der Waals surface area (Å²) in [4.78, 5) is 13.0. The van der Waals surface area contributed by atoms with Crippen LogP contribution in [-0.2, 0) is 21.7 Å². The number of aromatic nitrogens is 5. The average molecular weight is 1400 g/mol. The van der Waals surface area contributed by atoms with E-state index >= 15 is 0 Å². The highest BCUT2D eigenvalue weighted by molar-refractivity contribution is 6.99. The van der Waals surface area contributed by atoms with Crippen molar-refractivity contribution < 1.29 is 37.6 Å². The fourth-order valence-corrected chi connectivity index (χ4v) is 15.3. The minimum Gasteiger partial charge on any atom is -0.458 e. The summed E-state index contributed by atoms with van der Waals surface area (Å²) in [5.41, 5.74) is 10.5. The molecule has 17 aromatic rings. The minimum atomic E-state index is -0.781. The maximum absolute atomic E-state index is 9.98. The van der Waals surface area contributed by atoms with Gasteiger partial charge in [-0.1, -0.05) is 259 Å². The van der Waals surface area contributed by atoms with Crippen LogP contribution in [0.5, 0.6) is 11.5 Å². The summed E-state index contributed by atoms with van der Waals surface area (Å²) in [5, 5.41) is -0.638. The van der Waals surface area contributed by atoms with Crippen molar-refractivity contribution in [3.63, 3.8) is 0 Å². The van der Waals surface area contributed by atoms with Crippen molar-refractivity contribution in [3.05, 3.63) is 307 Å². The van der Waals surface area contributed by atoms with E-state index < -0.39 is 173 Å². The predicted molar refractivity (Wildman–Crippen MR) is 447 cm³/mol. The highest BCUT2D eigenvalue weighted by Crippen LogP contribution is 2.52. The van der Waals surface area contributed by atoms with Crippen molar-refractivity contribution in [2.75, 3.05) is 4.90 Å². The van der Waals surface area contributed by atoms with E-state index in [2.05, 4.69) is 137 Å². The fraction of sp³-hybridized carbons (Fsp3) is 0.163. The van der Waals surface area contributed by atoms with Gasteiger partial charge >= 0.3 is 0 Å². The van der Waals surface area contributed by atoms with Crippen LogP contribution < -0.4 is 26.0 Å². The van der Waals surface area contributed by atoms with E-state index in [1.54, 1.807) is 42.5 Å². The van der Waals surface area contributed by atoms with E-state index in [0.29, 0.717) is 67.4 Å². The van der Waals surface area contributed by atoms with Crippen LogP contribution in [0.1, 0.15) is 139 Å². The van der Waals surface area contributed by atoms with Crippen LogP contribution in [0.4, 0.5) is 17.1 Å². The zero-order valence-electron chi connectivity index (χ0n) is 84.4. The Hall–Kier alpha value is -12.0. The standard InChI is InChI=1S/C98H83BN6O/c1-95(2,3)89-54-64(55-90(100-89)96(4,5)6)69-32-25-33-70(65-56-91(97(7,8)9)101-92(57-65)98(10,11)12)94(69)105-85-52-62(60-40-46-66(47-41-60)102-79-34-19-13-26-71(79)72-27-14-20-35-80(72)102)44-50-77(85)99-78-51-45-63(61-42-48-67(49-43-61)103-81-36-21-15-28-73(81)74-29-16-22-37-82(74)103)53-87(78)106-88-59-68(58-86(105)93(88)99)104-83-38-23-17-30-75(83)76-31-18-24-39-84(76)104/h13-59H,1-12H3/i13D,14D,15D,16D,17D,18D,19D,20D,21D,22D,23D,24D,26D,27D,28D,29D,30D,31D,34D,35D,36D,37D,38D,39D. The third-order valence-corrected chi connectivity index (χ3v) is 20.6. The topological polar surface area (TPSA) is 53.0 Å². The Morgan fingerprint density at radius 3 is 1.03 bits per heavy atom. The van der Waals surface area contributed by atoms with Crippen LogP contribution >= 0.6 is 0 Å². The van der Waals surface area contributed by atoms with Crippen LogP contribution in [0.25, 0.3) is 127 Å². The van der Waals surface area contributed by atoms with Gasteiger partial charge in [0, 0.05) is 117 Å². The second kappa shape index (κ2) is 23.8. The number of ether oxygens (including phenoxy) is 1. The summed E-state index contributed by atoms with van der Waals surface area (Å²) in [6.45, 7) is 24.6. The summed E-state index contributed by atoms with van der Waals surface area (Å²) in [5.74, 6) is 0.566. The summed E-state index contributed by atoms with van der Waals surface area (Å²) >= 11 is 0.